The summed E-state index contributed by atoms with van der Waals surface area (Å²) in [5.74, 6) is 1.83. The van der Waals surface area contributed by atoms with E-state index in [1.807, 2.05) is 11.8 Å². The van der Waals surface area contributed by atoms with Crippen molar-refractivity contribution in [1.29, 1.82) is 0 Å². The summed E-state index contributed by atoms with van der Waals surface area (Å²) in [5.41, 5.74) is 2.94. The number of anilines is 1. The van der Waals surface area contributed by atoms with Crippen molar-refractivity contribution < 1.29 is 4.79 Å². The van der Waals surface area contributed by atoms with E-state index in [2.05, 4.69) is 32.8 Å². The predicted molar refractivity (Wildman–Crippen MR) is 97.6 cm³/mol. The van der Waals surface area contributed by atoms with E-state index in [1.54, 1.807) is 6.33 Å². The van der Waals surface area contributed by atoms with Crippen molar-refractivity contribution in [2.24, 2.45) is 5.92 Å². The molecule has 0 aromatic carbocycles. The maximum absolute atomic E-state index is 11.9. The topological polar surface area (TPSA) is 62.2 Å². The number of aromatic nitrogens is 3. The zero-order valence-corrected chi connectivity index (χ0v) is 15.0. The molecule has 2 fully saturated rings. The van der Waals surface area contributed by atoms with E-state index in [4.69, 9.17) is 0 Å². The van der Waals surface area contributed by atoms with Gasteiger partial charge in [0.15, 0.2) is 5.65 Å². The molecule has 0 spiro atoms. The molecule has 2 saturated heterocycles. The fourth-order valence-electron chi connectivity index (χ4n) is 4.24. The third-order valence-electron chi connectivity index (χ3n) is 5.38. The summed E-state index contributed by atoms with van der Waals surface area (Å²) >= 11 is 0. The number of rotatable bonds is 3. The van der Waals surface area contributed by atoms with E-state index in [0.29, 0.717) is 11.8 Å². The zero-order valence-electron chi connectivity index (χ0n) is 15.0. The van der Waals surface area contributed by atoms with Crippen LogP contribution in [-0.4, -0.2) is 51.9 Å². The average molecular weight is 339 g/mol. The van der Waals surface area contributed by atoms with Crippen molar-refractivity contribution in [3.05, 3.63) is 23.7 Å². The molecule has 2 aromatic heterocycles. The fourth-order valence-corrected chi connectivity index (χ4v) is 4.24. The lowest BCUT2D eigenvalue weighted by Gasteiger charge is -2.35. The van der Waals surface area contributed by atoms with Gasteiger partial charge >= 0.3 is 0 Å². The van der Waals surface area contributed by atoms with Gasteiger partial charge in [-0.05, 0) is 50.7 Å². The predicted octanol–water partition coefficient (Wildman–Crippen LogP) is 2.48. The monoisotopic (exact) mass is 339 g/mol. The van der Waals surface area contributed by atoms with Crippen LogP contribution in [0.3, 0.4) is 0 Å². The van der Waals surface area contributed by atoms with Gasteiger partial charge in [-0.3, -0.25) is 4.79 Å². The van der Waals surface area contributed by atoms with Gasteiger partial charge in [0.05, 0.1) is 5.39 Å². The Morgan fingerprint density at radius 2 is 2.08 bits per heavy atom. The first-order chi connectivity index (χ1) is 12.1. The minimum atomic E-state index is 0.320. The minimum absolute atomic E-state index is 0.320. The molecule has 4 heterocycles. The molecule has 0 saturated carbocycles. The van der Waals surface area contributed by atoms with Gasteiger partial charge in [-0.1, -0.05) is 0 Å². The second kappa shape index (κ2) is 6.58. The van der Waals surface area contributed by atoms with Crippen LogP contribution >= 0.6 is 0 Å². The van der Waals surface area contributed by atoms with Crippen molar-refractivity contribution >= 4 is 22.8 Å². The van der Waals surface area contributed by atoms with Crippen molar-refractivity contribution in [1.82, 2.24) is 19.9 Å². The molecular formula is C19H25N5O. The third-order valence-corrected chi connectivity index (χ3v) is 5.38. The molecule has 2 aliphatic rings. The van der Waals surface area contributed by atoms with Crippen molar-refractivity contribution in [3.8, 4) is 0 Å². The first-order valence-corrected chi connectivity index (χ1v) is 9.23. The van der Waals surface area contributed by atoms with E-state index in [9.17, 15) is 4.79 Å². The molecule has 0 radical (unpaired) electrons. The Bertz CT molecular complexity index is 806. The molecule has 6 heteroatoms. The summed E-state index contributed by atoms with van der Waals surface area (Å²) in [7, 11) is 0. The number of carbonyl (C=O) groups is 1. The lowest BCUT2D eigenvalue weighted by Crippen LogP contribution is -2.42. The van der Waals surface area contributed by atoms with Crippen LogP contribution < -0.4 is 4.90 Å². The van der Waals surface area contributed by atoms with Crippen LogP contribution in [0, 0.1) is 19.8 Å². The summed E-state index contributed by atoms with van der Waals surface area (Å²) in [6, 6.07) is 2.10. The Morgan fingerprint density at radius 3 is 2.88 bits per heavy atom. The van der Waals surface area contributed by atoms with Crippen LogP contribution in [0.5, 0.6) is 0 Å². The molecule has 0 N–H and O–H groups in total. The molecule has 132 valence electrons. The number of carbonyl (C=O) groups excluding carboxylic acids is 1. The number of hydrogen-bond acceptors (Lipinski definition) is 5. The highest BCUT2D eigenvalue weighted by Crippen LogP contribution is 2.30. The Kier molecular flexibility index (Phi) is 4.27. The molecule has 6 nitrogen and oxygen atoms in total. The SMILES string of the molecule is Cc1cc(C)c2c(N3CCCC(CN4CCCC4=O)C3)ncnc2n1. The van der Waals surface area contributed by atoms with Gasteiger partial charge in [0, 0.05) is 38.3 Å². The van der Waals surface area contributed by atoms with Crippen molar-refractivity contribution in [3.63, 3.8) is 0 Å². The Morgan fingerprint density at radius 1 is 1.20 bits per heavy atom. The molecule has 4 rings (SSSR count). The van der Waals surface area contributed by atoms with Crippen LogP contribution in [0.4, 0.5) is 5.82 Å². The van der Waals surface area contributed by atoms with Crippen LogP contribution in [0.25, 0.3) is 11.0 Å². The highest BCUT2D eigenvalue weighted by molar-refractivity contribution is 5.90. The molecule has 0 bridgehead atoms. The molecule has 2 aliphatic heterocycles. The van der Waals surface area contributed by atoms with E-state index in [-0.39, 0.29) is 0 Å². The number of nitrogens with zero attached hydrogens (tertiary/aromatic N) is 5. The summed E-state index contributed by atoms with van der Waals surface area (Å²) in [5, 5.41) is 1.06. The fraction of sp³-hybridized carbons (Fsp3) is 0.579. The number of amides is 1. The maximum atomic E-state index is 11.9. The van der Waals surface area contributed by atoms with Crippen LogP contribution in [-0.2, 0) is 4.79 Å². The highest BCUT2D eigenvalue weighted by Gasteiger charge is 2.28. The highest BCUT2D eigenvalue weighted by atomic mass is 16.2. The quantitative estimate of drug-likeness (QED) is 0.860. The molecule has 1 unspecified atom stereocenters. The molecule has 0 aliphatic carbocycles. The van der Waals surface area contributed by atoms with Crippen molar-refractivity contribution in [2.45, 2.75) is 39.5 Å². The van der Waals surface area contributed by atoms with Gasteiger partial charge in [-0.25, -0.2) is 15.0 Å². The molecule has 25 heavy (non-hydrogen) atoms. The smallest absolute Gasteiger partial charge is 0.222 e. The Labute approximate surface area is 148 Å². The lowest BCUT2D eigenvalue weighted by molar-refractivity contribution is -0.128. The van der Waals surface area contributed by atoms with Crippen LogP contribution in [0.2, 0.25) is 0 Å². The number of aryl methyl sites for hydroxylation is 2. The number of likely N-dealkylation sites (tertiary alicyclic amines) is 1. The Balaban J connectivity index is 1.59. The normalized spacial score (nSPS) is 21.4. The number of piperidine rings is 1. The third kappa shape index (κ3) is 3.17. The largest absolute Gasteiger partial charge is 0.356 e. The second-order valence-electron chi connectivity index (χ2n) is 7.37. The average Bonchev–Trinajstić information content (AvgIpc) is 2.99. The molecule has 1 atom stereocenters. The van der Waals surface area contributed by atoms with Crippen LogP contribution in [0.15, 0.2) is 12.4 Å². The molecular weight excluding hydrogens is 314 g/mol. The van der Waals surface area contributed by atoms with Gasteiger partial charge in [0.25, 0.3) is 0 Å². The first kappa shape index (κ1) is 16.2. The summed E-state index contributed by atoms with van der Waals surface area (Å²) in [6.45, 7) is 7.86. The van der Waals surface area contributed by atoms with Crippen molar-refractivity contribution in [2.75, 3.05) is 31.1 Å². The lowest BCUT2D eigenvalue weighted by atomic mass is 9.97. The van der Waals surface area contributed by atoms with Gasteiger partial charge in [-0.2, -0.15) is 0 Å². The summed E-state index contributed by atoms with van der Waals surface area (Å²) < 4.78 is 0. The number of hydrogen-bond donors (Lipinski definition) is 0. The summed E-state index contributed by atoms with van der Waals surface area (Å²) in [6.07, 6.45) is 5.67. The van der Waals surface area contributed by atoms with E-state index in [1.165, 1.54) is 12.0 Å². The van der Waals surface area contributed by atoms with Gasteiger partial charge < -0.3 is 9.80 Å². The van der Waals surface area contributed by atoms with E-state index in [0.717, 1.165) is 68.0 Å². The second-order valence-corrected chi connectivity index (χ2v) is 7.37. The minimum Gasteiger partial charge on any atom is -0.356 e. The van der Waals surface area contributed by atoms with E-state index >= 15 is 0 Å². The first-order valence-electron chi connectivity index (χ1n) is 9.23. The van der Waals surface area contributed by atoms with Crippen LogP contribution in [0.1, 0.15) is 36.9 Å². The molecule has 1 amide bonds. The van der Waals surface area contributed by atoms with E-state index < -0.39 is 0 Å². The number of fused-ring (bicyclic) bond motifs is 1. The maximum Gasteiger partial charge on any atom is 0.222 e. The standard InChI is InChI=1S/C19H25N5O/c1-13-9-14(2)22-18-17(13)19(21-12-20-18)24-8-3-5-15(11-24)10-23-7-4-6-16(23)25/h9,12,15H,3-8,10-11H2,1-2H3. The van der Waals surface area contributed by atoms with Gasteiger partial charge in [0.2, 0.25) is 5.91 Å². The summed E-state index contributed by atoms with van der Waals surface area (Å²) in [4.78, 5) is 29.9. The Hall–Kier alpha value is -2.24. The zero-order chi connectivity index (χ0) is 17.4. The number of pyridine rings is 1. The van der Waals surface area contributed by atoms with Gasteiger partial charge in [0.1, 0.15) is 12.1 Å². The molecule has 2 aromatic rings. The van der Waals surface area contributed by atoms with Gasteiger partial charge in [-0.15, -0.1) is 0 Å².